The third-order valence-corrected chi connectivity index (χ3v) is 7.46. The number of esters is 1. The SMILES string of the molecule is CC1(C)C(=S)N2C(C(=O)OCc3ccc([N+](=O)[O-])cc3)=C(c3ccccc3)S[C@H]21. The summed E-state index contributed by atoms with van der Waals surface area (Å²) in [6.07, 6.45) is 0. The first kappa shape index (κ1) is 19.6. The van der Waals surface area contributed by atoms with Gasteiger partial charge < -0.3 is 9.64 Å². The topological polar surface area (TPSA) is 72.7 Å². The molecule has 4 rings (SSSR count). The molecule has 0 unspecified atom stereocenters. The monoisotopic (exact) mass is 426 g/mol. The quantitative estimate of drug-likeness (QED) is 0.296. The molecule has 0 N–H and O–H groups in total. The highest BCUT2D eigenvalue weighted by atomic mass is 32.2. The van der Waals surface area contributed by atoms with E-state index in [1.807, 2.05) is 35.2 Å². The van der Waals surface area contributed by atoms with Crippen LogP contribution >= 0.6 is 24.0 Å². The van der Waals surface area contributed by atoms with Crippen LogP contribution in [0.25, 0.3) is 4.91 Å². The van der Waals surface area contributed by atoms with Crippen LogP contribution in [0.15, 0.2) is 60.3 Å². The average Bonchev–Trinajstić information content (AvgIpc) is 3.11. The van der Waals surface area contributed by atoms with Gasteiger partial charge in [-0.25, -0.2) is 4.79 Å². The molecule has 0 spiro atoms. The van der Waals surface area contributed by atoms with Crippen molar-refractivity contribution in [1.82, 2.24) is 4.90 Å². The van der Waals surface area contributed by atoms with E-state index in [0.29, 0.717) is 11.3 Å². The van der Waals surface area contributed by atoms with Gasteiger partial charge in [0.2, 0.25) is 0 Å². The van der Waals surface area contributed by atoms with Gasteiger partial charge in [-0.15, -0.1) is 0 Å². The molecule has 0 radical (unpaired) electrons. The van der Waals surface area contributed by atoms with Crippen LogP contribution in [0.5, 0.6) is 0 Å². The van der Waals surface area contributed by atoms with Gasteiger partial charge >= 0.3 is 5.97 Å². The maximum atomic E-state index is 13.0. The van der Waals surface area contributed by atoms with E-state index in [1.165, 1.54) is 12.1 Å². The maximum absolute atomic E-state index is 13.0. The molecule has 0 aromatic heterocycles. The van der Waals surface area contributed by atoms with Crippen LogP contribution in [-0.2, 0) is 16.1 Å². The molecule has 1 fully saturated rings. The van der Waals surface area contributed by atoms with Crippen molar-refractivity contribution < 1.29 is 14.5 Å². The molecule has 0 bridgehead atoms. The van der Waals surface area contributed by atoms with Crippen molar-refractivity contribution in [3.63, 3.8) is 0 Å². The lowest BCUT2D eigenvalue weighted by Crippen LogP contribution is -2.62. The number of carbonyl (C=O) groups is 1. The number of nitrogens with zero attached hydrogens (tertiary/aromatic N) is 2. The molecule has 1 atom stereocenters. The van der Waals surface area contributed by atoms with Gasteiger partial charge in [-0.1, -0.05) is 68.2 Å². The van der Waals surface area contributed by atoms with Crippen LogP contribution in [0.3, 0.4) is 0 Å². The summed E-state index contributed by atoms with van der Waals surface area (Å²) in [5.41, 5.74) is 1.92. The number of thioether (sulfide) groups is 1. The summed E-state index contributed by atoms with van der Waals surface area (Å²) >= 11 is 7.21. The third kappa shape index (κ3) is 3.32. The summed E-state index contributed by atoms with van der Waals surface area (Å²) in [5.74, 6) is -0.449. The number of ether oxygens (including phenoxy) is 1. The Hall–Kier alpha value is -2.71. The molecule has 1 saturated heterocycles. The second-order valence-corrected chi connectivity index (χ2v) is 8.89. The Morgan fingerprint density at radius 3 is 2.48 bits per heavy atom. The van der Waals surface area contributed by atoms with Gasteiger partial charge in [0.15, 0.2) is 0 Å². The number of thiocarbonyl (C=S) groups is 1. The maximum Gasteiger partial charge on any atom is 0.356 e. The fourth-order valence-corrected chi connectivity index (χ4v) is 5.35. The van der Waals surface area contributed by atoms with Crippen molar-refractivity contribution in [2.24, 2.45) is 5.41 Å². The molecule has 6 nitrogen and oxygen atoms in total. The van der Waals surface area contributed by atoms with Crippen molar-refractivity contribution in [3.05, 3.63) is 81.5 Å². The molecule has 2 aliphatic heterocycles. The minimum absolute atomic E-state index is 0.00246. The molecule has 8 heteroatoms. The minimum atomic E-state index is -0.463. The summed E-state index contributed by atoms with van der Waals surface area (Å²) in [6.45, 7) is 4.19. The Balaban J connectivity index is 1.58. The third-order valence-electron chi connectivity index (χ3n) is 5.05. The molecular weight excluding hydrogens is 408 g/mol. The van der Waals surface area contributed by atoms with E-state index in [1.54, 1.807) is 23.9 Å². The van der Waals surface area contributed by atoms with E-state index in [2.05, 4.69) is 13.8 Å². The van der Waals surface area contributed by atoms with Crippen molar-refractivity contribution in [3.8, 4) is 0 Å². The largest absolute Gasteiger partial charge is 0.456 e. The van der Waals surface area contributed by atoms with E-state index >= 15 is 0 Å². The zero-order valence-electron chi connectivity index (χ0n) is 15.8. The number of fused-ring (bicyclic) bond motifs is 1. The van der Waals surface area contributed by atoms with Gasteiger partial charge in [0.05, 0.1) is 15.3 Å². The second kappa shape index (κ2) is 7.27. The van der Waals surface area contributed by atoms with Crippen LogP contribution in [-0.4, -0.2) is 26.2 Å². The zero-order valence-corrected chi connectivity index (χ0v) is 17.5. The standard InChI is InChI=1S/C21H18N2O4S2/c1-21(2)19(28)22-16(17(29-20(21)22)14-6-4-3-5-7-14)18(24)27-12-13-8-10-15(11-9-13)23(25)26/h3-11,20H,12H2,1-2H3/t20-/m0/s1. The van der Waals surface area contributed by atoms with Gasteiger partial charge in [-0.05, 0) is 23.3 Å². The van der Waals surface area contributed by atoms with E-state index in [0.717, 1.165) is 15.5 Å². The van der Waals surface area contributed by atoms with Crippen molar-refractivity contribution in [2.75, 3.05) is 0 Å². The number of carbonyl (C=O) groups excluding carboxylic acids is 1. The summed E-state index contributed by atoms with van der Waals surface area (Å²) < 4.78 is 5.55. The van der Waals surface area contributed by atoms with Gasteiger partial charge in [0.1, 0.15) is 12.3 Å². The first-order chi connectivity index (χ1) is 13.8. The molecule has 0 saturated carbocycles. The van der Waals surface area contributed by atoms with Crippen molar-refractivity contribution >= 4 is 45.5 Å². The van der Waals surface area contributed by atoms with E-state index < -0.39 is 10.9 Å². The predicted octanol–water partition coefficient (Wildman–Crippen LogP) is 4.75. The Kier molecular flexibility index (Phi) is 4.92. The highest BCUT2D eigenvalue weighted by Crippen LogP contribution is 2.58. The van der Waals surface area contributed by atoms with Crippen LogP contribution in [0.4, 0.5) is 5.69 Å². The number of nitro groups is 1. The smallest absolute Gasteiger partial charge is 0.356 e. The molecular formula is C21H18N2O4S2. The van der Waals surface area contributed by atoms with Crippen LogP contribution in [0.1, 0.15) is 25.0 Å². The summed E-state index contributed by atoms with van der Waals surface area (Å²) in [4.78, 5) is 26.8. The lowest BCUT2D eigenvalue weighted by atomic mass is 9.83. The number of hydrogen-bond donors (Lipinski definition) is 0. The first-order valence-electron chi connectivity index (χ1n) is 9.01. The Bertz CT molecular complexity index is 1030. The van der Waals surface area contributed by atoms with Crippen molar-refractivity contribution in [2.45, 2.75) is 25.8 Å². The van der Waals surface area contributed by atoms with Crippen molar-refractivity contribution in [1.29, 1.82) is 0 Å². The van der Waals surface area contributed by atoms with E-state index in [-0.39, 0.29) is 23.1 Å². The average molecular weight is 427 g/mol. The summed E-state index contributed by atoms with van der Waals surface area (Å²) in [7, 11) is 0. The predicted molar refractivity (Wildman–Crippen MR) is 116 cm³/mol. The Morgan fingerprint density at radius 2 is 1.86 bits per heavy atom. The van der Waals surface area contributed by atoms with Crippen LogP contribution in [0.2, 0.25) is 0 Å². The fourth-order valence-electron chi connectivity index (χ4n) is 3.39. The molecule has 29 heavy (non-hydrogen) atoms. The minimum Gasteiger partial charge on any atom is -0.456 e. The molecule has 2 aromatic rings. The number of benzene rings is 2. The normalized spacial score (nSPS) is 19.6. The Labute approximate surface area is 177 Å². The lowest BCUT2D eigenvalue weighted by molar-refractivity contribution is -0.384. The highest BCUT2D eigenvalue weighted by Gasteiger charge is 2.58. The Morgan fingerprint density at radius 1 is 1.21 bits per heavy atom. The molecule has 2 heterocycles. The second-order valence-electron chi connectivity index (χ2n) is 7.41. The zero-order chi connectivity index (χ0) is 20.8. The number of non-ortho nitro benzene ring substituents is 1. The molecule has 0 amide bonds. The number of rotatable bonds is 5. The summed E-state index contributed by atoms with van der Waals surface area (Å²) in [5, 5.41) is 10.8. The first-order valence-corrected chi connectivity index (χ1v) is 10.3. The number of nitro benzene ring substituents is 1. The number of hydrogen-bond acceptors (Lipinski definition) is 6. The van der Waals surface area contributed by atoms with Gasteiger partial charge in [0.25, 0.3) is 5.69 Å². The molecule has 0 aliphatic carbocycles. The molecule has 2 aliphatic rings. The van der Waals surface area contributed by atoms with Crippen LogP contribution < -0.4 is 0 Å². The summed E-state index contributed by atoms with van der Waals surface area (Å²) in [6, 6.07) is 15.7. The van der Waals surface area contributed by atoms with E-state index in [9.17, 15) is 14.9 Å². The fraction of sp³-hybridized carbons (Fsp3) is 0.238. The highest BCUT2D eigenvalue weighted by molar-refractivity contribution is 8.09. The van der Waals surface area contributed by atoms with Gasteiger partial charge in [0, 0.05) is 22.5 Å². The molecule has 148 valence electrons. The van der Waals surface area contributed by atoms with E-state index in [4.69, 9.17) is 17.0 Å². The molecule has 2 aromatic carbocycles. The van der Waals surface area contributed by atoms with Crippen LogP contribution in [0, 0.1) is 15.5 Å². The van der Waals surface area contributed by atoms with Gasteiger partial charge in [-0.3, -0.25) is 10.1 Å². The lowest BCUT2D eigenvalue weighted by Gasteiger charge is -2.51. The van der Waals surface area contributed by atoms with Gasteiger partial charge in [-0.2, -0.15) is 0 Å².